The van der Waals surface area contributed by atoms with Crippen molar-refractivity contribution in [1.29, 1.82) is 0 Å². The highest BCUT2D eigenvalue weighted by Crippen LogP contribution is 2.37. The molecule has 0 atom stereocenters. The lowest BCUT2D eigenvalue weighted by Gasteiger charge is -2.14. The lowest BCUT2D eigenvalue weighted by molar-refractivity contribution is 0.611. The molecule has 0 bridgehead atoms. The number of hydrogen-bond donors (Lipinski definition) is 1. The zero-order chi connectivity index (χ0) is 10.0. The van der Waals surface area contributed by atoms with Gasteiger partial charge in [0.25, 0.3) is 0 Å². The van der Waals surface area contributed by atoms with E-state index in [1.54, 1.807) is 11.1 Å². The van der Waals surface area contributed by atoms with Crippen LogP contribution in [0.25, 0.3) is 0 Å². The zero-order valence-electron chi connectivity index (χ0n) is 9.49. The van der Waals surface area contributed by atoms with E-state index in [0.29, 0.717) is 5.92 Å². The van der Waals surface area contributed by atoms with E-state index < -0.39 is 0 Å². The van der Waals surface area contributed by atoms with Crippen molar-refractivity contribution in [3.05, 3.63) is 22.3 Å². The molecule has 0 aliphatic heterocycles. The Kier molecular flexibility index (Phi) is 3.32. The van der Waals surface area contributed by atoms with Crippen LogP contribution >= 0.6 is 0 Å². The summed E-state index contributed by atoms with van der Waals surface area (Å²) in [6, 6.07) is 0. The first kappa shape index (κ1) is 10.5. The average Bonchev–Trinajstić information content (AvgIpc) is 2.30. The Morgan fingerprint density at radius 1 is 1.00 bits per heavy atom. The van der Waals surface area contributed by atoms with Crippen LogP contribution in [0.1, 0.15) is 34.1 Å². The SMILES string of the molecule is CNCCC1C(C)=C(C)C(C)=C1C. The van der Waals surface area contributed by atoms with Crippen molar-refractivity contribution in [1.82, 2.24) is 5.32 Å². The number of allylic oxidation sites excluding steroid dienone is 4. The fourth-order valence-corrected chi connectivity index (χ4v) is 2.16. The summed E-state index contributed by atoms with van der Waals surface area (Å²) < 4.78 is 0. The Balaban J connectivity index is 2.77. The van der Waals surface area contributed by atoms with E-state index in [9.17, 15) is 0 Å². The van der Waals surface area contributed by atoms with Gasteiger partial charge in [0.2, 0.25) is 0 Å². The van der Waals surface area contributed by atoms with Crippen LogP contribution in [0.3, 0.4) is 0 Å². The van der Waals surface area contributed by atoms with Gasteiger partial charge in [0, 0.05) is 5.92 Å². The van der Waals surface area contributed by atoms with E-state index in [0.717, 1.165) is 6.54 Å². The Labute approximate surface area is 81.9 Å². The van der Waals surface area contributed by atoms with Crippen LogP contribution in [0, 0.1) is 5.92 Å². The topological polar surface area (TPSA) is 12.0 Å². The lowest BCUT2D eigenvalue weighted by atomic mass is 9.93. The molecule has 0 unspecified atom stereocenters. The van der Waals surface area contributed by atoms with Crippen molar-refractivity contribution in [2.45, 2.75) is 34.1 Å². The van der Waals surface area contributed by atoms with Gasteiger partial charge in [-0.3, -0.25) is 0 Å². The molecule has 1 aliphatic carbocycles. The average molecular weight is 179 g/mol. The Morgan fingerprint density at radius 2 is 1.46 bits per heavy atom. The van der Waals surface area contributed by atoms with Gasteiger partial charge in [0.15, 0.2) is 0 Å². The van der Waals surface area contributed by atoms with Gasteiger partial charge >= 0.3 is 0 Å². The van der Waals surface area contributed by atoms with Crippen LogP contribution in [-0.2, 0) is 0 Å². The van der Waals surface area contributed by atoms with Crippen LogP contribution in [0.4, 0.5) is 0 Å². The van der Waals surface area contributed by atoms with Gasteiger partial charge in [-0.15, -0.1) is 0 Å². The number of nitrogens with one attached hydrogen (secondary N) is 1. The summed E-state index contributed by atoms with van der Waals surface area (Å²) in [5.74, 6) is 0.701. The zero-order valence-corrected chi connectivity index (χ0v) is 9.49. The van der Waals surface area contributed by atoms with Gasteiger partial charge < -0.3 is 5.32 Å². The van der Waals surface area contributed by atoms with Crippen LogP contribution in [0.5, 0.6) is 0 Å². The second kappa shape index (κ2) is 4.10. The molecule has 1 nitrogen and oxygen atoms in total. The third-order valence-corrected chi connectivity index (χ3v) is 3.47. The molecule has 1 rings (SSSR count). The number of hydrogen-bond acceptors (Lipinski definition) is 1. The minimum absolute atomic E-state index is 0.701. The van der Waals surface area contributed by atoms with Crippen LogP contribution < -0.4 is 5.32 Å². The fraction of sp³-hybridized carbons (Fsp3) is 0.667. The summed E-state index contributed by atoms with van der Waals surface area (Å²) in [6.07, 6.45) is 1.24. The smallest absolute Gasteiger partial charge is 0.00251 e. The molecule has 0 amide bonds. The number of rotatable bonds is 3. The van der Waals surface area contributed by atoms with Crippen molar-refractivity contribution in [2.75, 3.05) is 13.6 Å². The standard InChI is InChI=1S/C12H21N/c1-8-9(2)11(4)12(10(8)3)6-7-13-5/h12-13H,6-7H2,1-5H3. The highest BCUT2D eigenvalue weighted by molar-refractivity contribution is 5.46. The molecule has 0 heterocycles. The molecular weight excluding hydrogens is 158 g/mol. The van der Waals surface area contributed by atoms with Crippen molar-refractivity contribution < 1.29 is 0 Å². The predicted molar refractivity (Wildman–Crippen MR) is 58.8 cm³/mol. The second-order valence-electron chi connectivity index (χ2n) is 4.06. The minimum atomic E-state index is 0.701. The molecule has 0 spiro atoms. The second-order valence-corrected chi connectivity index (χ2v) is 4.06. The molecule has 0 saturated heterocycles. The highest BCUT2D eigenvalue weighted by Gasteiger charge is 2.23. The molecule has 0 aromatic heterocycles. The Hall–Kier alpha value is -0.560. The van der Waals surface area contributed by atoms with Crippen LogP contribution in [-0.4, -0.2) is 13.6 Å². The van der Waals surface area contributed by atoms with Crippen molar-refractivity contribution in [3.63, 3.8) is 0 Å². The molecule has 13 heavy (non-hydrogen) atoms. The van der Waals surface area contributed by atoms with Crippen LogP contribution in [0.2, 0.25) is 0 Å². The van der Waals surface area contributed by atoms with Crippen LogP contribution in [0.15, 0.2) is 22.3 Å². The van der Waals surface area contributed by atoms with E-state index in [4.69, 9.17) is 0 Å². The predicted octanol–water partition coefficient (Wildman–Crippen LogP) is 2.90. The van der Waals surface area contributed by atoms with Crippen molar-refractivity contribution in [2.24, 2.45) is 5.92 Å². The van der Waals surface area contributed by atoms with Gasteiger partial charge in [-0.1, -0.05) is 11.1 Å². The van der Waals surface area contributed by atoms with Gasteiger partial charge in [0.05, 0.1) is 0 Å². The Bertz CT molecular complexity index is 234. The summed E-state index contributed by atoms with van der Waals surface area (Å²) in [7, 11) is 2.02. The summed E-state index contributed by atoms with van der Waals surface area (Å²) >= 11 is 0. The molecule has 1 N–H and O–H groups in total. The van der Waals surface area contributed by atoms with Gasteiger partial charge in [-0.2, -0.15) is 0 Å². The molecule has 1 heteroatoms. The maximum Gasteiger partial charge on any atom is 0.00251 e. The largest absolute Gasteiger partial charge is 0.320 e. The van der Waals surface area contributed by atoms with E-state index in [-0.39, 0.29) is 0 Å². The molecule has 74 valence electrons. The Morgan fingerprint density at radius 3 is 1.85 bits per heavy atom. The summed E-state index contributed by atoms with van der Waals surface area (Å²) in [5.41, 5.74) is 6.17. The van der Waals surface area contributed by atoms with Crippen molar-refractivity contribution in [3.8, 4) is 0 Å². The quantitative estimate of drug-likeness (QED) is 0.702. The van der Waals surface area contributed by atoms with E-state index in [1.807, 2.05) is 7.05 Å². The third kappa shape index (κ3) is 1.86. The summed E-state index contributed by atoms with van der Waals surface area (Å²) in [5, 5.41) is 3.22. The molecule has 0 fully saturated rings. The lowest BCUT2D eigenvalue weighted by Crippen LogP contribution is -2.13. The van der Waals surface area contributed by atoms with Crippen molar-refractivity contribution >= 4 is 0 Å². The maximum absolute atomic E-state index is 3.22. The van der Waals surface area contributed by atoms with Gasteiger partial charge in [-0.25, -0.2) is 0 Å². The molecule has 1 aliphatic rings. The first-order valence-electron chi connectivity index (χ1n) is 5.09. The highest BCUT2D eigenvalue weighted by atomic mass is 14.8. The van der Waals surface area contributed by atoms with Gasteiger partial charge in [-0.05, 0) is 58.9 Å². The maximum atomic E-state index is 3.22. The molecule has 0 aromatic carbocycles. The first-order chi connectivity index (χ1) is 6.09. The molecule has 0 radical (unpaired) electrons. The minimum Gasteiger partial charge on any atom is -0.320 e. The van der Waals surface area contributed by atoms with E-state index >= 15 is 0 Å². The fourth-order valence-electron chi connectivity index (χ4n) is 2.16. The normalized spacial score (nSPS) is 19.2. The van der Waals surface area contributed by atoms with E-state index in [2.05, 4.69) is 33.0 Å². The monoisotopic (exact) mass is 179 g/mol. The molecular formula is C12H21N. The summed E-state index contributed by atoms with van der Waals surface area (Å²) in [6.45, 7) is 10.1. The summed E-state index contributed by atoms with van der Waals surface area (Å²) in [4.78, 5) is 0. The first-order valence-corrected chi connectivity index (χ1v) is 5.09. The van der Waals surface area contributed by atoms with E-state index in [1.165, 1.54) is 17.6 Å². The van der Waals surface area contributed by atoms with Gasteiger partial charge in [0.1, 0.15) is 0 Å². The molecule has 0 saturated carbocycles. The molecule has 0 aromatic rings. The third-order valence-electron chi connectivity index (χ3n) is 3.47.